The second kappa shape index (κ2) is 14.8. The zero-order valence-electron chi connectivity index (χ0n) is 27.1. The number of nitrogens with zero attached hydrogens (tertiary/aromatic N) is 4. The Hall–Kier alpha value is -3.03. The number of fused-ring (bicyclic) bond motifs is 1. The minimum absolute atomic E-state index is 0.0157. The zero-order valence-corrected chi connectivity index (χ0v) is 28.6. The molecule has 0 saturated carbocycles. The van der Waals surface area contributed by atoms with Crippen molar-refractivity contribution in [1.29, 1.82) is 0 Å². The summed E-state index contributed by atoms with van der Waals surface area (Å²) in [6.45, 7) is 4.72. The molecule has 0 radical (unpaired) electrons. The number of piperidine rings is 3. The van der Waals surface area contributed by atoms with Crippen LogP contribution in [-0.4, -0.2) is 95.3 Å². The van der Waals surface area contributed by atoms with Gasteiger partial charge in [0, 0.05) is 56.6 Å². The lowest BCUT2D eigenvalue weighted by Crippen LogP contribution is -2.51. The molecule has 262 valence electrons. The first-order valence-corrected chi connectivity index (χ1v) is 18.4. The van der Waals surface area contributed by atoms with E-state index in [1.165, 1.54) is 25.3 Å². The standard InChI is InChI=1S/C34H44ClF3N6O3S/c35-28-18-22(17-27(31(28)39)34(36,37)38)16-24(32(46)43-13-5-25(6-14-43)41-9-2-1-3-10-41)19-30(45)42-11-7-26(8-12-42)44-15-4-23-20-48-21-29(23)40-33(44)47/h17-18,20-21,24-26H,1-16,19,39H2,(H,40,47)/t24-/m0/s1. The maximum absolute atomic E-state index is 14.0. The molecule has 0 spiro atoms. The fourth-order valence-corrected chi connectivity index (χ4v) is 8.89. The minimum Gasteiger partial charge on any atom is -0.397 e. The summed E-state index contributed by atoms with van der Waals surface area (Å²) < 4.78 is 41.4. The van der Waals surface area contributed by atoms with Crippen LogP contribution in [0, 0.1) is 5.92 Å². The topological polar surface area (TPSA) is 102 Å². The quantitative estimate of drug-likeness (QED) is 0.338. The Morgan fingerprint density at radius 3 is 2.29 bits per heavy atom. The van der Waals surface area contributed by atoms with Crippen LogP contribution in [0.25, 0.3) is 0 Å². The molecule has 48 heavy (non-hydrogen) atoms. The van der Waals surface area contributed by atoms with Gasteiger partial charge in [0.05, 0.1) is 27.9 Å². The minimum atomic E-state index is -4.71. The van der Waals surface area contributed by atoms with Crippen molar-refractivity contribution in [3.63, 3.8) is 0 Å². The molecule has 0 aliphatic carbocycles. The molecule has 1 aromatic heterocycles. The molecule has 4 aliphatic heterocycles. The number of nitrogen functional groups attached to an aromatic ring is 1. The molecule has 0 unspecified atom stereocenters. The van der Waals surface area contributed by atoms with Crippen molar-refractivity contribution >= 4 is 52.2 Å². The molecular formula is C34H44ClF3N6O3S. The maximum Gasteiger partial charge on any atom is 0.418 e. The average Bonchev–Trinajstić information content (AvgIpc) is 3.45. The Bertz CT molecular complexity index is 1480. The van der Waals surface area contributed by atoms with Gasteiger partial charge in [-0.2, -0.15) is 13.2 Å². The lowest BCUT2D eigenvalue weighted by Gasteiger charge is -2.41. The second-order valence-electron chi connectivity index (χ2n) is 13.6. The van der Waals surface area contributed by atoms with Crippen molar-refractivity contribution in [1.82, 2.24) is 19.6 Å². The number of halogens is 4. The first kappa shape index (κ1) is 34.8. The van der Waals surface area contributed by atoms with Crippen LogP contribution in [0.5, 0.6) is 0 Å². The molecule has 14 heteroatoms. The van der Waals surface area contributed by atoms with E-state index >= 15 is 0 Å². The van der Waals surface area contributed by atoms with E-state index in [2.05, 4.69) is 15.6 Å². The van der Waals surface area contributed by atoms with Gasteiger partial charge in [-0.25, -0.2) is 4.79 Å². The highest BCUT2D eigenvalue weighted by Crippen LogP contribution is 2.39. The van der Waals surface area contributed by atoms with E-state index in [0.29, 0.717) is 51.6 Å². The molecule has 3 fully saturated rings. The van der Waals surface area contributed by atoms with E-state index in [9.17, 15) is 27.6 Å². The summed E-state index contributed by atoms with van der Waals surface area (Å²) in [6.07, 6.45) is 2.38. The fraction of sp³-hybridized carbons (Fsp3) is 0.618. The Morgan fingerprint density at radius 2 is 1.60 bits per heavy atom. The maximum atomic E-state index is 14.0. The highest BCUT2D eigenvalue weighted by Gasteiger charge is 2.37. The molecule has 5 heterocycles. The van der Waals surface area contributed by atoms with E-state index in [0.717, 1.165) is 49.7 Å². The van der Waals surface area contributed by atoms with Crippen LogP contribution in [0.1, 0.15) is 68.1 Å². The van der Waals surface area contributed by atoms with Gasteiger partial charge < -0.3 is 30.7 Å². The summed E-state index contributed by atoms with van der Waals surface area (Å²) in [7, 11) is 0. The predicted octanol–water partition coefficient (Wildman–Crippen LogP) is 6.11. The molecule has 2 aromatic rings. The number of nitrogens with two attached hydrogens (primary N) is 1. The third-order valence-electron chi connectivity index (χ3n) is 10.6. The number of urea groups is 1. The van der Waals surface area contributed by atoms with E-state index in [1.807, 2.05) is 10.3 Å². The lowest BCUT2D eigenvalue weighted by molar-refractivity contribution is -0.143. The number of benzene rings is 1. The van der Waals surface area contributed by atoms with Crippen molar-refractivity contribution in [3.05, 3.63) is 44.6 Å². The Kier molecular flexibility index (Phi) is 10.8. The molecular weight excluding hydrogens is 665 g/mol. The van der Waals surface area contributed by atoms with E-state index in [1.54, 1.807) is 21.1 Å². The SMILES string of the molecule is Nc1c(Cl)cc(C[C@@H](CC(=O)N2CCC(N3CCc4cscc4NC3=O)CC2)C(=O)N2CCC(N3CCCCC3)CC2)cc1C(F)(F)F. The summed E-state index contributed by atoms with van der Waals surface area (Å²) in [5, 5.41) is 6.77. The van der Waals surface area contributed by atoms with Crippen LogP contribution in [0.3, 0.4) is 0 Å². The number of carbonyl (C=O) groups is 3. The molecule has 1 aromatic carbocycles. The lowest BCUT2D eigenvalue weighted by atomic mass is 9.91. The molecule has 9 nitrogen and oxygen atoms in total. The number of nitrogens with one attached hydrogen (secondary N) is 1. The zero-order chi connectivity index (χ0) is 34.0. The van der Waals surface area contributed by atoms with Gasteiger partial charge >= 0.3 is 12.2 Å². The number of likely N-dealkylation sites (tertiary alicyclic amines) is 3. The van der Waals surface area contributed by atoms with Gasteiger partial charge in [0.15, 0.2) is 0 Å². The van der Waals surface area contributed by atoms with E-state index in [-0.39, 0.29) is 47.3 Å². The van der Waals surface area contributed by atoms with Gasteiger partial charge in [-0.3, -0.25) is 9.59 Å². The third kappa shape index (κ3) is 7.89. The van der Waals surface area contributed by atoms with E-state index < -0.39 is 23.3 Å². The molecule has 4 amide bonds. The predicted molar refractivity (Wildman–Crippen MR) is 181 cm³/mol. The summed E-state index contributed by atoms with van der Waals surface area (Å²) in [4.78, 5) is 48.6. The summed E-state index contributed by atoms with van der Waals surface area (Å²) in [5.74, 6) is -1.28. The van der Waals surface area contributed by atoms with Gasteiger partial charge in [-0.05, 0) is 93.1 Å². The smallest absolute Gasteiger partial charge is 0.397 e. The highest BCUT2D eigenvalue weighted by atomic mass is 35.5. The summed E-state index contributed by atoms with van der Waals surface area (Å²) >= 11 is 7.70. The first-order chi connectivity index (χ1) is 23.0. The molecule has 6 rings (SSSR count). The van der Waals surface area contributed by atoms with Crippen LogP contribution in [0.4, 0.5) is 29.3 Å². The summed E-state index contributed by atoms with van der Waals surface area (Å²) in [5.41, 5.74) is 6.28. The summed E-state index contributed by atoms with van der Waals surface area (Å²) in [6, 6.07) is 2.59. The number of rotatable bonds is 7. The first-order valence-electron chi connectivity index (χ1n) is 17.1. The van der Waals surface area contributed by atoms with Gasteiger partial charge in [0.1, 0.15) is 0 Å². The number of thiophene rings is 1. The number of amides is 4. The normalized spacial score (nSPS) is 21.1. The monoisotopic (exact) mass is 708 g/mol. The highest BCUT2D eigenvalue weighted by molar-refractivity contribution is 7.08. The average molecular weight is 709 g/mol. The molecule has 0 bridgehead atoms. The molecule has 4 aliphatic rings. The molecule has 3 saturated heterocycles. The van der Waals surface area contributed by atoms with Crippen LogP contribution < -0.4 is 11.1 Å². The number of hydrogen-bond donors (Lipinski definition) is 2. The van der Waals surface area contributed by atoms with Crippen molar-refractivity contribution < 1.29 is 27.6 Å². The Labute approximate surface area is 288 Å². The van der Waals surface area contributed by atoms with Crippen molar-refractivity contribution in [3.8, 4) is 0 Å². The molecule has 1 atom stereocenters. The van der Waals surface area contributed by atoms with Gasteiger partial charge in [0.25, 0.3) is 0 Å². The number of anilines is 2. The third-order valence-corrected chi connectivity index (χ3v) is 11.7. The van der Waals surface area contributed by atoms with Gasteiger partial charge in [-0.15, -0.1) is 11.3 Å². The van der Waals surface area contributed by atoms with Crippen molar-refractivity contribution in [2.45, 2.75) is 82.5 Å². The van der Waals surface area contributed by atoms with E-state index in [4.69, 9.17) is 17.3 Å². The fourth-order valence-electron chi connectivity index (χ4n) is 7.82. The van der Waals surface area contributed by atoms with Crippen LogP contribution >= 0.6 is 22.9 Å². The van der Waals surface area contributed by atoms with Gasteiger partial charge in [-0.1, -0.05) is 18.0 Å². The van der Waals surface area contributed by atoms with Crippen molar-refractivity contribution in [2.75, 3.05) is 56.9 Å². The molecule has 3 N–H and O–H groups in total. The number of hydrogen-bond acceptors (Lipinski definition) is 6. The second-order valence-corrected chi connectivity index (χ2v) is 14.7. The largest absolute Gasteiger partial charge is 0.418 e. The Balaban J connectivity index is 1.12. The Morgan fingerprint density at radius 1 is 0.938 bits per heavy atom. The van der Waals surface area contributed by atoms with Crippen molar-refractivity contribution in [2.24, 2.45) is 5.92 Å². The van der Waals surface area contributed by atoms with Crippen LogP contribution in [-0.2, 0) is 28.6 Å². The number of alkyl halides is 3. The van der Waals surface area contributed by atoms with Crippen LogP contribution in [0.15, 0.2) is 22.9 Å². The van der Waals surface area contributed by atoms with Gasteiger partial charge in [0.2, 0.25) is 11.8 Å². The van der Waals surface area contributed by atoms with Crippen LogP contribution in [0.2, 0.25) is 5.02 Å². The number of carbonyl (C=O) groups excluding carboxylic acids is 3.